The third-order valence-electron chi connectivity index (χ3n) is 4.37. The van der Waals surface area contributed by atoms with Crippen molar-refractivity contribution >= 4 is 34.1 Å². The molecule has 0 saturated heterocycles. The van der Waals surface area contributed by atoms with Crippen LogP contribution in [0, 0.1) is 0 Å². The van der Waals surface area contributed by atoms with Gasteiger partial charge in [-0.25, -0.2) is 4.68 Å². The Kier molecular flexibility index (Phi) is 5.13. The third kappa shape index (κ3) is 3.77. The standard InChI is InChI=1S/C20H18N6O2S/c1-3-26-19(28)16-7-5-4-6-15(16)17(24-26)18(27)22-13-8-10-14(11-9-13)29-20-23-21-12-25(20)2/h4-12H,3H2,1-2H3,(H,22,27). The van der Waals surface area contributed by atoms with E-state index >= 15 is 0 Å². The van der Waals surface area contributed by atoms with Crippen molar-refractivity contribution in [3.63, 3.8) is 0 Å². The van der Waals surface area contributed by atoms with Gasteiger partial charge >= 0.3 is 0 Å². The number of aryl methyl sites for hydroxylation is 2. The molecule has 0 atom stereocenters. The number of nitrogens with one attached hydrogen (secondary N) is 1. The molecule has 1 N–H and O–H groups in total. The molecule has 0 spiro atoms. The van der Waals surface area contributed by atoms with Crippen molar-refractivity contribution in [2.45, 2.75) is 23.5 Å². The first-order chi connectivity index (χ1) is 14.1. The molecule has 2 aromatic carbocycles. The van der Waals surface area contributed by atoms with Crippen molar-refractivity contribution < 1.29 is 4.79 Å². The van der Waals surface area contributed by atoms with Crippen LogP contribution >= 0.6 is 11.8 Å². The molecule has 4 aromatic rings. The van der Waals surface area contributed by atoms with E-state index in [0.29, 0.717) is 23.0 Å². The predicted octanol–water partition coefficient (Wildman–Crippen LogP) is 2.95. The SMILES string of the molecule is CCn1nc(C(=O)Nc2ccc(Sc3nncn3C)cc2)c2ccccc2c1=O. The van der Waals surface area contributed by atoms with Gasteiger partial charge in [0.05, 0.1) is 5.39 Å². The zero-order valence-electron chi connectivity index (χ0n) is 15.9. The Bertz CT molecular complexity index is 1250. The number of nitrogens with zero attached hydrogens (tertiary/aromatic N) is 5. The lowest BCUT2D eigenvalue weighted by molar-refractivity contribution is 0.102. The van der Waals surface area contributed by atoms with Crippen LogP contribution < -0.4 is 10.9 Å². The van der Waals surface area contributed by atoms with Gasteiger partial charge in [-0.15, -0.1) is 10.2 Å². The van der Waals surface area contributed by atoms with E-state index in [9.17, 15) is 9.59 Å². The topological polar surface area (TPSA) is 94.7 Å². The molecule has 146 valence electrons. The normalized spacial score (nSPS) is 11.0. The van der Waals surface area contributed by atoms with Crippen LogP contribution in [0.3, 0.4) is 0 Å². The highest BCUT2D eigenvalue weighted by Gasteiger charge is 2.16. The number of rotatable bonds is 5. The summed E-state index contributed by atoms with van der Waals surface area (Å²) in [5, 5.41) is 16.8. The number of hydrogen-bond acceptors (Lipinski definition) is 6. The van der Waals surface area contributed by atoms with Gasteiger partial charge < -0.3 is 9.88 Å². The molecule has 1 amide bonds. The number of benzene rings is 2. The monoisotopic (exact) mass is 406 g/mol. The molecule has 0 radical (unpaired) electrons. The molecule has 2 aromatic heterocycles. The summed E-state index contributed by atoms with van der Waals surface area (Å²) >= 11 is 1.48. The summed E-state index contributed by atoms with van der Waals surface area (Å²) in [6.07, 6.45) is 1.64. The van der Waals surface area contributed by atoms with Crippen LogP contribution in [0.1, 0.15) is 17.4 Å². The number of hydrogen-bond donors (Lipinski definition) is 1. The lowest BCUT2D eigenvalue weighted by Crippen LogP contribution is -2.27. The molecule has 2 heterocycles. The second-order valence-corrected chi connectivity index (χ2v) is 7.36. The molecule has 0 saturated carbocycles. The first kappa shape index (κ1) is 18.9. The molecule has 0 fully saturated rings. The molecule has 0 unspecified atom stereocenters. The fourth-order valence-electron chi connectivity index (χ4n) is 2.88. The summed E-state index contributed by atoms with van der Waals surface area (Å²) in [6.45, 7) is 2.20. The van der Waals surface area contributed by atoms with Crippen LogP contribution in [-0.2, 0) is 13.6 Å². The second kappa shape index (κ2) is 7.88. The number of aromatic nitrogens is 5. The first-order valence-corrected chi connectivity index (χ1v) is 9.81. The van der Waals surface area contributed by atoms with E-state index in [2.05, 4.69) is 20.6 Å². The van der Waals surface area contributed by atoms with Gasteiger partial charge in [0.2, 0.25) is 0 Å². The van der Waals surface area contributed by atoms with Gasteiger partial charge in [-0.1, -0.05) is 18.2 Å². The van der Waals surface area contributed by atoms with E-state index in [1.807, 2.05) is 42.8 Å². The summed E-state index contributed by atoms with van der Waals surface area (Å²) in [5.41, 5.74) is 0.654. The summed E-state index contributed by atoms with van der Waals surface area (Å²) in [7, 11) is 1.88. The Balaban J connectivity index is 1.59. The maximum absolute atomic E-state index is 12.9. The van der Waals surface area contributed by atoms with Crippen LogP contribution in [0.15, 0.2) is 69.7 Å². The van der Waals surface area contributed by atoms with Gasteiger partial charge in [0, 0.05) is 29.6 Å². The van der Waals surface area contributed by atoms with Crippen LogP contribution in [0.4, 0.5) is 5.69 Å². The van der Waals surface area contributed by atoms with Crippen molar-refractivity contribution in [1.29, 1.82) is 0 Å². The zero-order valence-corrected chi connectivity index (χ0v) is 16.7. The van der Waals surface area contributed by atoms with Crippen molar-refractivity contribution in [3.05, 3.63) is 70.9 Å². The molecule has 0 bridgehead atoms. The largest absolute Gasteiger partial charge is 0.321 e. The van der Waals surface area contributed by atoms with E-state index in [0.717, 1.165) is 10.1 Å². The molecule has 0 aliphatic carbocycles. The molecule has 4 rings (SSSR count). The van der Waals surface area contributed by atoms with E-state index in [1.54, 1.807) is 30.6 Å². The van der Waals surface area contributed by atoms with E-state index in [1.165, 1.54) is 16.4 Å². The van der Waals surface area contributed by atoms with Crippen molar-refractivity contribution in [2.24, 2.45) is 7.05 Å². The van der Waals surface area contributed by atoms with Gasteiger partial charge in [0.25, 0.3) is 11.5 Å². The molecule has 0 aliphatic heterocycles. The van der Waals surface area contributed by atoms with Crippen molar-refractivity contribution in [3.8, 4) is 0 Å². The summed E-state index contributed by atoms with van der Waals surface area (Å²) < 4.78 is 3.14. The van der Waals surface area contributed by atoms with Gasteiger partial charge in [0.1, 0.15) is 6.33 Å². The lowest BCUT2D eigenvalue weighted by Gasteiger charge is -2.10. The van der Waals surface area contributed by atoms with E-state index in [4.69, 9.17) is 0 Å². The average molecular weight is 406 g/mol. The van der Waals surface area contributed by atoms with E-state index in [-0.39, 0.29) is 17.2 Å². The minimum Gasteiger partial charge on any atom is -0.321 e. The number of fused-ring (bicyclic) bond motifs is 1. The molecule has 9 heteroatoms. The Morgan fingerprint density at radius 1 is 1.10 bits per heavy atom. The molecular weight excluding hydrogens is 388 g/mol. The van der Waals surface area contributed by atoms with Crippen LogP contribution in [-0.4, -0.2) is 30.5 Å². The maximum Gasteiger partial charge on any atom is 0.276 e. The molecular formula is C20H18N6O2S. The molecule has 29 heavy (non-hydrogen) atoms. The number of anilines is 1. The second-order valence-electron chi connectivity index (χ2n) is 6.32. The lowest BCUT2D eigenvalue weighted by atomic mass is 10.1. The number of carbonyl (C=O) groups excluding carboxylic acids is 1. The van der Waals surface area contributed by atoms with Gasteiger partial charge in [0.15, 0.2) is 10.9 Å². The summed E-state index contributed by atoms with van der Waals surface area (Å²) in [6, 6.07) is 14.4. The van der Waals surface area contributed by atoms with Crippen molar-refractivity contribution in [2.75, 3.05) is 5.32 Å². The Morgan fingerprint density at radius 3 is 2.48 bits per heavy atom. The smallest absolute Gasteiger partial charge is 0.276 e. The number of amides is 1. The molecule has 8 nitrogen and oxygen atoms in total. The Labute approximate surface area is 170 Å². The third-order valence-corrected chi connectivity index (χ3v) is 5.43. The first-order valence-electron chi connectivity index (χ1n) is 9.00. The van der Waals surface area contributed by atoms with Crippen LogP contribution in [0.2, 0.25) is 0 Å². The van der Waals surface area contributed by atoms with Crippen LogP contribution in [0.25, 0.3) is 10.8 Å². The van der Waals surface area contributed by atoms with Crippen molar-refractivity contribution in [1.82, 2.24) is 24.5 Å². The fourth-order valence-corrected chi connectivity index (χ4v) is 3.65. The summed E-state index contributed by atoms with van der Waals surface area (Å²) in [4.78, 5) is 26.3. The molecule has 0 aliphatic rings. The Morgan fingerprint density at radius 2 is 1.83 bits per heavy atom. The minimum atomic E-state index is -0.364. The van der Waals surface area contributed by atoms with Gasteiger partial charge in [-0.2, -0.15) is 5.10 Å². The minimum absolute atomic E-state index is 0.204. The highest BCUT2D eigenvalue weighted by atomic mass is 32.2. The number of carbonyl (C=O) groups is 1. The van der Waals surface area contributed by atoms with Gasteiger partial charge in [-0.3, -0.25) is 9.59 Å². The summed E-state index contributed by atoms with van der Waals surface area (Å²) in [5.74, 6) is -0.364. The zero-order chi connectivity index (χ0) is 20.4. The Hall–Kier alpha value is -3.46. The maximum atomic E-state index is 12.9. The van der Waals surface area contributed by atoms with E-state index < -0.39 is 0 Å². The quantitative estimate of drug-likeness (QED) is 0.548. The van der Waals surface area contributed by atoms with Gasteiger partial charge in [-0.05, 0) is 49.0 Å². The fraction of sp³-hybridized carbons (Fsp3) is 0.150. The average Bonchev–Trinajstić information content (AvgIpc) is 3.14. The highest BCUT2D eigenvalue weighted by Crippen LogP contribution is 2.26. The highest BCUT2D eigenvalue weighted by molar-refractivity contribution is 7.99. The van der Waals surface area contributed by atoms with Crippen LogP contribution in [0.5, 0.6) is 0 Å². The predicted molar refractivity (Wildman–Crippen MR) is 111 cm³/mol.